The molecule has 1 aliphatic rings. The molecule has 0 aromatic carbocycles. The number of piperidine rings is 1. The monoisotopic (exact) mass is 240 g/mol. The fraction of sp³-hybridized carbons (Fsp3) is 0.364. The molecule has 0 saturated carbocycles. The Bertz CT molecular complexity index is 371. The van der Waals surface area contributed by atoms with Crippen molar-refractivity contribution in [2.45, 2.75) is 12.8 Å². The summed E-state index contributed by atoms with van der Waals surface area (Å²) in [7, 11) is 0. The van der Waals surface area contributed by atoms with Crippen LogP contribution in [0, 0.1) is 0 Å². The van der Waals surface area contributed by atoms with Crippen LogP contribution in [0.25, 0.3) is 0 Å². The Hall–Kier alpha value is -1.42. The maximum absolute atomic E-state index is 11.9. The van der Waals surface area contributed by atoms with Gasteiger partial charge in [0.05, 0.1) is 0 Å². The van der Waals surface area contributed by atoms with Crippen molar-refractivity contribution in [1.82, 2.24) is 9.88 Å². The molecule has 0 N–H and O–H groups in total. The largest absolute Gasteiger partial charge is 0.336 e. The number of aromatic nitrogens is 1. The molecule has 0 aliphatic carbocycles. The highest BCUT2D eigenvalue weighted by molar-refractivity contribution is 5.93. The van der Waals surface area contributed by atoms with Crippen LogP contribution in [0.2, 0.25) is 0 Å². The summed E-state index contributed by atoms with van der Waals surface area (Å²) in [6.07, 6.45) is 2.54. The molecule has 0 spiro atoms. The van der Waals surface area contributed by atoms with Gasteiger partial charge in [0.25, 0.3) is 5.91 Å². The first-order valence-corrected chi connectivity index (χ1v) is 4.99. The third-order valence-corrected chi connectivity index (χ3v) is 2.49. The topological polar surface area (TPSA) is 50.3 Å². The first-order valence-electron chi connectivity index (χ1n) is 4.99. The number of carbonyl (C=O) groups is 2. The number of rotatable bonds is 1. The van der Waals surface area contributed by atoms with Crippen LogP contribution < -0.4 is 0 Å². The second kappa shape index (κ2) is 5.61. The quantitative estimate of drug-likeness (QED) is 0.744. The average Bonchev–Trinajstić information content (AvgIpc) is 2.30. The van der Waals surface area contributed by atoms with Crippen molar-refractivity contribution < 1.29 is 9.59 Å². The van der Waals surface area contributed by atoms with Crippen molar-refractivity contribution in [1.29, 1.82) is 0 Å². The minimum absolute atomic E-state index is 0. The van der Waals surface area contributed by atoms with E-state index in [1.54, 1.807) is 29.3 Å². The van der Waals surface area contributed by atoms with E-state index in [9.17, 15) is 9.59 Å². The van der Waals surface area contributed by atoms with Crippen molar-refractivity contribution >= 4 is 24.1 Å². The maximum atomic E-state index is 11.9. The molecule has 0 radical (unpaired) electrons. The smallest absolute Gasteiger partial charge is 0.272 e. The van der Waals surface area contributed by atoms with Crippen LogP contribution in [0.1, 0.15) is 23.3 Å². The van der Waals surface area contributed by atoms with Crippen LogP contribution in [0.3, 0.4) is 0 Å². The fourth-order valence-corrected chi connectivity index (χ4v) is 1.61. The highest BCUT2D eigenvalue weighted by atomic mass is 35.5. The van der Waals surface area contributed by atoms with Gasteiger partial charge >= 0.3 is 0 Å². The summed E-state index contributed by atoms with van der Waals surface area (Å²) >= 11 is 0. The highest BCUT2D eigenvalue weighted by Crippen LogP contribution is 2.09. The Balaban J connectivity index is 0.00000128. The first-order chi connectivity index (χ1) is 7.27. The van der Waals surface area contributed by atoms with E-state index < -0.39 is 0 Å². The lowest BCUT2D eigenvalue weighted by Crippen LogP contribution is -2.38. The molecular weight excluding hydrogens is 228 g/mol. The third kappa shape index (κ3) is 2.79. The first kappa shape index (κ1) is 12.6. The van der Waals surface area contributed by atoms with Crippen LogP contribution in [0.4, 0.5) is 0 Å². The van der Waals surface area contributed by atoms with Gasteiger partial charge in [-0.15, -0.1) is 12.4 Å². The number of hydrogen-bond acceptors (Lipinski definition) is 3. The Labute approximate surface area is 100 Å². The summed E-state index contributed by atoms with van der Waals surface area (Å²) < 4.78 is 0. The molecule has 86 valence electrons. The zero-order valence-corrected chi connectivity index (χ0v) is 9.57. The number of Topliss-reactive ketones (excluding diaryl/α,β-unsaturated/α-hetero) is 1. The zero-order chi connectivity index (χ0) is 10.7. The lowest BCUT2D eigenvalue weighted by molar-refractivity contribution is -0.120. The number of amides is 1. The Morgan fingerprint density at radius 2 is 1.94 bits per heavy atom. The maximum Gasteiger partial charge on any atom is 0.272 e. The number of nitrogens with zero attached hydrogens (tertiary/aromatic N) is 2. The summed E-state index contributed by atoms with van der Waals surface area (Å²) in [5.41, 5.74) is 0.451. The molecule has 16 heavy (non-hydrogen) atoms. The predicted octanol–water partition coefficient (Wildman–Crippen LogP) is 1.31. The van der Waals surface area contributed by atoms with Gasteiger partial charge in [0.1, 0.15) is 11.5 Å². The lowest BCUT2D eigenvalue weighted by Gasteiger charge is -2.25. The Kier molecular flexibility index (Phi) is 4.43. The summed E-state index contributed by atoms with van der Waals surface area (Å²) in [5.74, 6) is 0.156. The van der Waals surface area contributed by atoms with Gasteiger partial charge < -0.3 is 4.90 Å². The fourth-order valence-electron chi connectivity index (χ4n) is 1.61. The van der Waals surface area contributed by atoms with Crippen molar-refractivity contribution in [3.8, 4) is 0 Å². The molecule has 1 fully saturated rings. The van der Waals surface area contributed by atoms with E-state index >= 15 is 0 Å². The molecule has 2 heterocycles. The van der Waals surface area contributed by atoms with Gasteiger partial charge in [-0.3, -0.25) is 14.6 Å². The van der Waals surface area contributed by atoms with Gasteiger partial charge in [-0.05, 0) is 12.1 Å². The zero-order valence-electron chi connectivity index (χ0n) is 8.76. The second-order valence-electron chi connectivity index (χ2n) is 3.55. The van der Waals surface area contributed by atoms with E-state index in [1.165, 1.54) is 0 Å². The molecule has 1 amide bonds. The average molecular weight is 241 g/mol. The van der Waals surface area contributed by atoms with Gasteiger partial charge in [-0.1, -0.05) is 6.07 Å². The van der Waals surface area contributed by atoms with Crippen LogP contribution >= 0.6 is 12.4 Å². The molecule has 0 bridgehead atoms. The van der Waals surface area contributed by atoms with Crippen LogP contribution in [-0.4, -0.2) is 34.7 Å². The van der Waals surface area contributed by atoms with Crippen molar-refractivity contribution in [2.75, 3.05) is 13.1 Å². The van der Waals surface area contributed by atoms with E-state index in [4.69, 9.17) is 0 Å². The van der Waals surface area contributed by atoms with Gasteiger partial charge in [0.2, 0.25) is 0 Å². The van der Waals surface area contributed by atoms with Gasteiger partial charge in [-0.25, -0.2) is 0 Å². The summed E-state index contributed by atoms with van der Waals surface area (Å²) in [5, 5.41) is 0. The van der Waals surface area contributed by atoms with Crippen molar-refractivity contribution in [3.05, 3.63) is 30.1 Å². The van der Waals surface area contributed by atoms with Crippen LogP contribution in [-0.2, 0) is 4.79 Å². The van der Waals surface area contributed by atoms with Crippen LogP contribution in [0.5, 0.6) is 0 Å². The van der Waals surface area contributed by atoms with E-state index in [0.29, 0.717) is 31.6 Å². The van der Waals surface area contributed by atoms with E-state index in [-0.39, 0.29) is 24.1 Å². The molecule has 1 aromatic rings. The van der Waals surface area contributed by atoms with E-state index in [1.807, 2.05) is 0 Å². The molecule has 2 rings (SSSR count). The normalized spacial score (nSPS) is 15.5. The van der Waals surface area contributed by atoms with Crippen molar-refractivity contribution in [2.24, 2.45) is 0 Å². The van der Waals surface area contributed by atoms with E-state index in [2.05, 4.69) is 4.98 Å². The number of pyridine rings is 1. The van der Waals surface area contributed by atoms with Crippen LogP contribution in [0.15, 0.2) is 24.4 Å². The number of hydrogen-bond donors (Lipinski definition) is 0. The molecule has 5 heteroatoms. The van der Waals surface area contributed by atoms with Gasteiger partial charge in [-0.2, -0.15) is 0 Å². The van der Waals surface area contributed by atoms with Gasteiger partial charge in [0.15, 0.2) is 0 Å². The second-order valence-corrected chi connectivity index (χ2v) is 3.55. The SMILES string of the molecule is Cl.O=C1CCN(C(=O)c2ccccn2)CC1. The molecule has 1 saturated heterocycles. The molecule has 0 unspecified atom stereocenters. The minimum atomic E-state index is -0.0805. The van der Waals surface area contributed by atoms with Gasteiger partial charge in [0, 0.05) is 32.1 Å². The Morgan fingerprint density at radius 3 is 2.50 bits per heavy atom. The molecular formula is C11H13ClN2O2. The Morgan fingerprint density at radius 1 is 1.25 bits per heavy atom. The summed E-state index contributed by atoms with van der Waals surface area (Å²) in [4.78, 5) is 28.6. The lowest BCUT2D eigenvalue weighted by atomic mass is 10.1. The number of halogens is 1. The number of ketones is 1. The third-order valence-electron chi connectivity index (χ3n) is 2.49. The predicted molar refractivity (Wildman–Crippen MR) is 61.6 cm³/mol. The minimum Gasteiger partial charge on any atom is -0.336 e. The summed E-state index contributed by atoms with van der Waals surface area (Å²) in [6, 6.07) is 5.25. The van der Waals surface area contributed by atoms with Crippen molar-refractivity contribution in [3.63, 3.8) is 0 Å². The molecule has 1 aromatic heterocycles. The molecule has 1 aliphatic heterocycles. The standard InChI is InChI=1S/C11H12N2O2.ClH/c14-9-4-7-13(8-5-9)11(15)10-3-1-2-6-12-10;/h1-3,6H,4-5,7-8H2;1H. The summed E-state index contributed by atoms with van der Waals surface area (Å²) in [6.45, 7) is 1.04. The molecule has 4 nitrogen and oxygen atoms in total. The number of likely N-dealkylation sites (tertiary alicyclic amines) is 1. The molecule has 0 atom stereocenters. The highest BCUT2D eigenvalue weighted by Gasteiger charge is 2.22. The van der Waals surface area contributed by atoms with E-state index in [0.717, 1.165) is 0 Å². The number of carbonyl (C=O) groups excluding carboxylic acids is 2.